The molecule has 2 aromatic heterocycles. The van der Waals surface area contributed by atoms with Gasteiger partial charge in [-0.15, -0.1) is 0 Å². The Hall–Kier alpha value is -2.90. The average molecular weight is 475 g/mol. The smallest absolute Gasteiger partial charge is 0.254 e. The van der Waals surface area contributed by atoms with Gasteiger partial charge in [0.2, 0.25) is 0 Å². The molecule has 2 atom stereocenters. The van der Waals surface area contributed by atoms with Crippen molar-refractivity contribution in [3.63, 3.8) is 0 Å². The van der Waals surface area contributed by atoms with Gasteiger partial charge in [0.25, 0.3) is 5.91 Å². The molecule has 5 heterocycles. The van der Waals surface area contributed by atoms with Gasteiger partial charge in [-0.1, -0.05) is 6.07 Å². The lowest BCUT2D eigenvalue weighted by Crippen LogP contribution is -2.47. The Bertz CT molecular complexity index is 1160. The van der Waals surface area contributed by atoms with Crippen molar-refractivity contribution >= 4 is 11.4 Å². The highest BCUT2D eigenvalue weighted by Gasteiger charge is 2.43. The Labute approximate surface area is 206 Å². The highest BCUT2D eigenvalue weighted by molar-refractivity contribution is 5.95. The zero-order chi connectivity index (χ0) is 23.6. The number of rotatable bonds is 7. The number of fused-ring (bicyclic) bond motifs is 3. The number of hydrogen-bond acceptors (Lipinski definition) is 5. The third kappa shape index (κ3) is 4.80. The van der Waals surface area contributed by atoms with Crippen LogP contribution >= 0.6 is 0 Å². The third-order valence-electron chi connectivity index (χ3n) is 7.94. The molecule has 184 valence electrons. The van der Waals surface area contributed by atoms with E-state index in [-0.39, 0.29) is 5.91 Å². The Kier molecular flexibility index (Phi) is 6.44. The van der Waals surface area contributed by atoms with Crippen LogP contribution in [0.4, 0.5) is 0 Å². The first-order chi connectivity index (χ1) is 17.2. The van der Waals surface area contributed by atoms with Gasteiger partial charge in [-0.3, -0.25) is 14.7 Å². The van der Waals surface area contributed by atoms with Crippen LogP contribution in [0, 0.1) is 5.92 Å². The quantitative estimate of drug-likeness (QED) is 0.523. The van der Waals surface area contributed by atoms with E-state index in [1.165, 1.54) is 11.2 Å². The Morgan fingerprint density at radius 1 is 1.06 bits per heavy atom. The summed E-state index contributed by atoms with van der Waals surface area (Å²) in [5.41, 5.74) is 3.11. The van der Waals surface area contributed by atoms with Crippen LogP contribution in [0.1, 0.15) is 41.7 Å². The van der Waals surface area contributed by atoms with Crippen LogP contribution in [0.3, 0.4) is 0 Å². The van der Waals surface area contributed by atoms with E-state index < -0.39 is 0 Å². The highest BCUT2D eigenvalue weighted by Crippen LogP contribution is 2.41. The van der Waals surface area contributed by atoms with Crippen molar-refractivity contribution in [1.82, 2.24) is 19.2 Å². The summed E-state index contributed by atoms with van der Waals surface area (Å²) >= 11 is 0. The summed E-state index contributed by atoms with van der Waals surface area (Å²) in [6.45, 7) is 5.00. The maximum absolute atomic E-state index is 13.6. The fourth-order valence-corrected chi connectivity index (χ4v) is 6.23. The molecule has 6 rings (SSSR count). The molecule has 0 spiro atoms. The molecular formula is C28H34N4O3. The van der Waals surface area contributed by atoms with Gasteiger partial charge in [0.05, 0.1) is 24.4 Å². The average Bonchev–Trinajstić information content (AvgIpc) is 3.47. The summed E-state index contributed by atoms with van der Waals surface area (Å²) in [7, 11) is 0. The molecule has 1 amide bonds. The molecule has 0 saturated carbocycles. The molecular weight excluding hydrogens is 440 g/mol. The number of ether oxygens (including phenoxy) is 2. The minimum absolute atomic E-state index is 0.154. The van der Waals surface area contributed by atoms with Crippen molar-refractivity contribution in [3.05, 3.63) is 66.2 Å². The first-order valence-electron chi connectivity index (χ1n) is 13.0. The third-order valence-corrected chi connectivity index (χ3v) is 7.94. The predicted octanol–water partition coefficient (Wildman–Crippen LogP) is 3.67. The second-order valence-electron chi connectivity index (χ2n) is 10.1. The molecule has 0 N–H and O–H groups in total. The Balaban J connectivity index is 1.08. The summed E-state index contributed by atoms with van der Waals surface area (Å²) in [5.74, 6) is 1.50. The van der Waals surface area contributed by atoms with Crippen molar-refractivity contribution in [2.45, 2.75) is 44.2 Å². The topological polar surface area (TPSA) is 59.3 Å². The SMILES string of the molecule is O=C(c1cccc(OCCN2CCOCC2)c1)N1[C@H]2CC[C@H]1CC(Cc1nccn3cccc13)C2. The van der Waals surface area contributed by atoms with Crippen LogP contribution in [0.15, 0.2) is 55.0 Å². The van der Waals surface area contributed by atoms with Gasteiger partial charge >= 0.3 is 0 Å². The molecule has 1 aromatic carbocycles. The van der Waals surface area contributed by atoms with E-state index in [2.05, 4.69) is 37.5 Å². The van der Waals surface area contributed by atoms with Crippen LogP contribution in [-0.4, -0.2) is 76.6 Å². The lowest BCUT2D eigenvalue weighted by Gasteiger charge is -2.39. The molecule has 0 unspecified atom stereocenters. The summed E-state index contributed by atoms with van der Waals surface area (Å²) in [6.07, 6.45) is 11.3. The van der Waals surface area contributed by atoms with E-state index in [0.29, 0.717) is 24.6 Å². The standard InChI is InChI=1S/C28H34N4O3/c33-28(22-3-1-4-25(20-22)35-16-13-30-11-14-34-15-12-30)32-23-6-7-24(32)18-21(17-23)19-26-27-5-2-9-31(27)10-8-29-26/h1-5,8-10,20-21,23-24H,6-7,11-19H2/t23-,24-/m0/s1. The zero-order valence-electron chi connectivity index (χ0n) is 20.2. The molecule has 0 radical (unpaired) electrons. The summed E-state index contributed by atoms with van der Waals surface area (Å²) in [4.78, 5) is 22.8. The van der Waals surface area contributed by atoms with Gasteiger partial charge in [-0.25, -0.2) is 0 Å². The molecule has 7 heteroatoms. The molecule has 3 fully saturated rings. The van der Waals surface area contributed by atoms with E-state index in [9.17, 15) is 4.79 Å². The lowest BCUT2D eigenvalue weighted by molar-refractivity contribution is 0.0322. The van der Waals surface area contributed by atoms with E-state index in [1.807, 2.05) is 36.7 Å². The van der Waals surface area contributed by atoms with Crippen LogP contribution in [0.5, 0.6) is 5.75 Å². The first kappa shape index (κ1) is 22.6. The minimum Gasteiger partial charge on any atom is -0.492 e. The second kappa shape index (κ2) is 9.99. The van der Waals surface area contributed by atoms with Crippen LogP contribution in [0.25, 0.3) is 5.52 Å². The van der Waals surface area contributed by atoms with E-state index in [1.54, 1.807) is 0 Å². The zero-order valence-corrected chi connectivity index (χ0v) is 20.2. The number of hydrogen-bond donors (Lipinski definition) is 0. The van der Waals surface area contributed by atoms with Gasteiger partial charge in [0.1, 0.15) is 12.4 Å². The summed E-state index contributed by atoms with van der Waals surface area (Å²) in [6, 6.07) is 12.6. The van der Waals surface area contributed by atoms with Crippen molar-refractivity contribution in [2.75, 3.05) is 39.5 Å². The number of amides is 1. The van der Waals surface area contributed by atoms with E-state index in [4.69, 9.17) is 9.47 Å². The second-order valence-corrected chi connectivity index (χ2v) is 10.1. The number of benzene rings is 1. The molecule has 3 aromatic rings. The van der Waals surface area contributed by atoms with Gasteiger partial charge < -0.3 is 18.8 Å². The fourth-order valence-electron chi connectivity index (χ4n) is 6.23. The van der Waals surface area contributed by atoms with Crippen molar-refractivity contribution in [1.29, 1.82) is 0 Å². The number of nitrogens with zero attached hydrogens (tertiary/aromatic N) is 4. The molecule has 35 heavy (non-hydrogen) atoms. The lowest BCUT2D eigenvalue weighted by atomic mass is 9.86. The number of carbonyl (C=O) groups is 1. The molecule has 3 aliphatic rings. The number of piperidine rings is 1. The van der Waals surface area contributed by atoms with Crippen LogP contribution in [-0.2, 0) is 11.2 Å². The van der Waals surface area contributed by atoms with Crippen molar-refractivity contribution < 1.29 is 14.3 Å². The highest BCUT2D eigenvalue weighted by atomic mass is 16.5. The molecule has 3 saturated heterocycles. The van der Waals surface area contributed by atoms with E-state index in [0.717, 1.165) is 76.3 Å². The fraction of sp³-hybridized carbons (Fsp3) is 0.500. The van der Waals surface area contributed by atoms with Crippen molar-refractivity contribution in [2.24, 2.45) is 5.92 Å². The van der Waals surface area contributed by atoms with Crippen molar-refractivity contribution in [3.8, 4) is 5.75 Å². The van der Waals surface area contributed by atoms with Crippen LogP contribution in [0.2, 0.25) is 0 Å². The van der Waals surface area contributed by atoms with Gasteiger partial charge in [0.15, 0.2) is 0 Å². The maximum atomic E-state index is 13.6. The minimum atomic E-state index is 0.154. The summed E-state index contributed by atoms with van der Waals surface area (Å²) in [5, 5.41) is 0. The summed E-state index contributed by atoms with van der Waals surface area (Å²) < 4.78 is 13.6. The monoisotopic (exact) mass is 474 g/mol. The number of aromatic nitrogens is 2. The van der Waals surface area contributed by atoms with Gasteiger partial charge in [-0.05, 0) is 68.4 Å². The largest absolute Gasteiger partial charge is 0.492 e. The molecule has 2 bridgehead atoms. The predicted molar refractivity (Wildman–Crippen MR) is 134 cm³/mol. The van der Waals surface area contributed by atoms with Gasteiger partial charge in [-0.2, -0.15) is 0 Å². The normalized spacial score (nSPS) is 24.7. The molecule has 7 nitrogen and oxygen atoms in total. The Morgan fingerprint density at radius 2 is 1.89 bits per heavy atom. The van der Waals surface area contributed by atoms with Gasteiger partial charge in [0, 0.05) is 55.9 Å². The van der Waals surface area contributed by atoms with Crippen LogP contribution < -0.4 is 4.74 Å². The number of carbonyl (C=O) groups excluding carboxylic acids is 1. The van der Waals surface area contributed by atoms with E-state index >= 15 is 0 Å². The number of morpholine rings is 1. The molecule has 3 aliphatic heterocycles. The molecule has 0 aliphatic carbocycles. The Morgan fingerprint density at radius 3 is 2.71 bits per heavy atom. The maximum Gasteiger partial charge on any atom is 0.254 e. The first-order valence-corrected chi connectivity index (χ1v) is 13.0.